The molecular weight excluding hydrogens is 384 g/mol. The van der Waals surface area contributed by atoms with Crippen LogP contribution in [0.3, 0.4) is 0 Å². The van der Waals surface area contributed by atoms with Crippen LogP contribution in [-0.4, -0.2) is 0 Å². The van der Waals surface area contributed by atoms with Gasteiger partial charge in [0.15, 0.2) is 0 Å². The summed E-state index contributed by atoms with van der Waals surface area (Å²) >= 11 is 0. The van der Waals surface area contributed by atoms with E-state index in [2.05, 4.69) is 122 Å². The minimum absolute atomic E-state index is 0.991. The van der Waals surface area contributed by atoms with Crippen LogP contribution in [0.5, 0.6) is 0 Å². The van der Waals surface area contributed by atoms with Crippen LogP contribution < -0.4 is 0 Å². The minimum Gasteiger partial charge on any atom is -0.0622 e. The molecule has 0 amide bonds. The lowest BCUT2D eigenvalue weighted by molar-refractivity contribution is 1.22. The Balaban J connectivity index is 1.61. The first-order valence-electron chi connectivity index (χ1n) is 11.2. The van der Waals surface area contributed by atoms with E-state index in [0.717, 1.165) is 6.42 Å². The van der Waals surface area contributed by atoms with Gasteiger partial charge in [0.2, 0.25) is 0 Å². The van der Waals surface area contributed by atoms with Gasteiger partial charge in [0.05, 0.1) is 0 Å². The van der Waals surface area contributed by atoms with E-state index in [1.165, 1.54) is 61.2 Å². The van der Waals surface area contributed by atoms with Crippen LogP contribution in [-0.2, 0) is 6.42 Å². The lowest BCUT2D eigenvalue weighted by atomic mass is 9.90. The Bertz CT molecular complexity index is 1410. The van der Waals surface area contributed by atoms with Crippen molar-refractivity contribution in [3.05, 3.63) is 132 Å². The van der Waals surface area contributed by atoms with Crippen LogP contribution in [0.1, 0.15) is 16.7 Å². The van der Waals surface area contributed by atoms with Crippen molar-refractivity contribution in [2.45, 2.75) is 13.3 Å². The van der Waals surface area contributed by atoms with Crippen LogP contribution >= 0.6 is 0 Å². The monoisotopic (exact) mass is 408 g/mol. The van der Waals surface area contributed by atoms with Crippen LogP contribution in [0, 0.1) is 6.92 Å². The molecule has 0 heterocycles. The zero-order valence-electron chi connectivity index (χ0n) is 18.2. The van der Waals surface area contributed by atoms with Crippen molar-refractivity contribution < 1.29 is 0 Å². The summed E-state index contributed by atoms with van der Waals surface area (Å²) in [4.78, 5) is 0. The summed E-state index contributed by atoms with van der Waals surface area (Å²) in [6.07, 6.45) is 0.991. The molecule has 0 saturated heterocycles. The smallest absolute Gasteiger partial charge is 0.000464 e. The number of fused-ring (bicyclic) bond motifs is 3. The van der Waals surface area contributed by atoms with Crippen LogP contribution in [0.25, 0.3) is 44.5 Å². The minimum atomic E-state index is 0.991. The predicted octanol–water partition coefficient (Wildman–Crippen LogP) is 8.57. The topological polar surface area (TPSA) is 0 Å². The van der Waals surface area contributed by atoms with Crippen molar-refractivity contribution in [1.82, 2.24) is 0 Å². The first kappa shape index (κ1) is 18.8. The number of hydrogen-bond acceptors (Lipinski definition) is 0. The number of aryl methyl sites for hydroxylation is 1. The van der Waals surface area contributed by atoms with Crippen molar-refractivity contribution in [3.8, 4) is 44.5 Å². The average Bonchev–Trinajstić information content (AvgIpc) is 3.24. The van der Waals surface area contributed by atoms with Gasteiger partial charge in [-0.3, -0.25) is 0 Å². The quantitative estimate of drug-likeness (QED) is 0.275. The fourth-order valence-corrected chi connectivity index (χ4v) is 5.04. The molecule has 0 saturated carbocycles. The third-order valence-corrected chi connectivity index (χ3v) is 6.67. The molecule has 1 aliphatic carbocycles. The predicted molar refractivity (Wildman–Crippen MR) is 136 cm³/mol. The third-order valence-electron chi connectivity index (χ3n) is 6.67. The molecule has 0 fully saturated rings. The van der Waals surface area contributed by atoms with Crippen molar-refractivity contribution >= 4 is 0 Å². The molecular formula is C32H24. The van der Waals surface area contributed by atoms with Gasteiger partial charge < -0.3 is 0 Å². The molecule has 0 aromatic heterocycles. The summed E-state index contributed by atoms with van der Waals surface area (Å²) in [7, 11) is 0. The van der Waals surface area contributed by atoms with E-state index in [-0.39, 0.29) is 0 Å². The number of hydrogen-bond donors (Lipinski definition) is 0. The first-order valence-corrected chi connectivity index (χ1v) is 11.2. The lowest BCUT2D eigenvalue weighted by Gasteiger charge is -2.13. The lowest BCUT2D eigenvalue weighted by Crippen LogP contribution is -1.91. The standard InChI is InChI=1S/C32H24/c1-22-17-26(23-11-5-2-6-12-23)19-30-28(22)21-32-29(25-15-9-4-10-16-25)18-27(20-31(30)32)24-13-7-3-8-14-24/h2-20H,21H2,1H3. The second-order valence-corrected chi connectivity index (χ2v) is 8.64. The summed E-state index contributed by atoms with van der Waals surface area (Å²) in [5.74, 6) is 0. The van der Waals surface area contributed by atoms with Crippen molar-refractivity contribution in [3.63, 3.8) is 0 Å². The first-order chi connectivity index (χ1) is 15.8. The van der Waals surface area contributed by atoms with Gasteiger partial charge in [0, 0.05) is 0 Å². The highest BCUT2D eigenvalue weighted by Gasteiger charge is 2.25. The van der Waals surface area contributed by atoms with Gasteiger partial charge in [-0.25, -0.2) is 0 Å². The van der Waals surface area contributed by atoms with E-state index in [0.29, 0.717) is 0 Å². The van der Waals surface area contributed by atoms with Crippen molar-refractivity contribution in [2.75, 3.05) is 0 Å². The third kappa shape index (κ3) is 3.16. The summed E-state index contributed by atoms with van der Waals surface area (Å²) in [6, 6.07) is 41.8. The van der Waals surface area contributed by atoms with Crippen molar-refractivity contribution in [2.24, 2.45) is 0 Å². The maximum atomic E-state index is 2.40. The van der Waals surface area contributed by atoms with Gasteiger partial charge in [-0.2, -0.15) is 0 Å². The fraction of sp³-hybridized carbons (Fsp3) is 0.0625. The summed E-state index contributed by atoms with van der Waals surface area (Å²) in [5, 5.41) is 0. The van der Waals surface area contributed by atoms with E-state index in [1.54, 1.807) is 0 Å². The normalized spacial score (nSPS) is 11.8. The number of benzene rings is 5. The molecule has 5 aromatic carbocycles. The Morgan fingerprint density at radius 3 is 1.41 bits per heavy atom. The van der Waals surface area contributed by atoms with Gasteiger partial charge in [-0.05, 0) is 92.7 Å². The largest absolute Gasteiger partial charge is 0.0622 e. The fourth-order valence-electron chi connectivity index (χ4n) is 5.04. The molecule has 0 nitrogen and oxygen atoms in total. The summed E-state index contributed by atoms with van der Waals surface area (Å²) in [5.41, 5.74) is 14.8. The van der Waals surface area contributed by atoms with Crippen LogP contribution in [0.2, 0.25) is 0 Å². The highest BCUT2D eigenvalue weighted by molar-refractivity contribution is 5.91. The molecule has 0 bridgehead atoms. The highest BCUT2D eigenvalue weighted by atomic mass is 14.3. The SMILES string of the molecule is Cc1cc(-c2ccccc2)cc2c1Cc1c(-c3ccccc3)cc(-c3ccccc3)cc1-2. The molecule has 0 radical (unpaired) electrons. The Hall–Kier alpha value is -3.90. The summed E-state index contributed by atoms with van der Waals surface area (Å²) in [6.45, 7) is 2.26. The Morgan fingerprint density at radius 2 is 0.844 bits per heavy atom. The number of rotatable bonds is 3. The van der Waals surface area contributed by atoms with Crippen molar-refractivity contribution in [1.29, 1.82) is 0 Å². The van der Waals surface area contributed by atoms with E-state index in [4.69, 9.17) is 0 Å². The Morgan fingerprint density at radius 1 is 0.406 bits per heavy atom. The Kier molecular flexibility index (Phi) is 4.51. The van der Waals surface area contributed by atoms with Gasteiger partial charge >= 0.3 is 0 Å². The van der Waals surface area contributed by atoms with E-state index in [1.807, 2.05) is 0 Å². The van der Waals surface area contributed by atoms with E-state index >= 15 is 0 Å². The molecule has 6 rings (SSSR count). The maximum Gasteiger partial charge on any atom is -0.000464 e. The van der Waals surface area contributed by atoms with E-state index < -0.39 is 0 Å². The van der Waals surface area contributed by atoms with Gasteiger partial charge in [-0.15, -0.1) is 0 Å². The molecule has 0 unspecified atom stereocenters. The molecule has 152 valence electrons. The second-order valence-electron chi connectivity index (χ2n) is 8.64. The molecule has 0 atom stereocenters. The molecule has 32 heavy (non-hydrogen) atoms. The summed E-state index contributed by atoms with van der Waals surface area (Å²) < 4.78 is 0. The van der Waals surface area contributed by atoms with Crippen LogP contribution in [0.15, 0.2) is 115 Å². The highest BCUT2D eigenvalue weighted by Crippen LogP contribution is 2.46. The molecule has 0 aliphatic heterocycles. The zero-order chi connectivity index (χ0) is 21.5. The zero-order valence-corrected chi connectivity index (χ0v) is 18.2. The average molecular weight is 409 g/mol. The second kappa shape index (κ2) is 7.66. The maximum absolute atomic E-state index is 2.40. The van der Waals surface area contributed by atoms with Crippen LogP contribution in [0.4, 0.5) is 0 Å². The molecule has 5 aromatic rings. The Labute approximate surface area is 189 Å². The van der Waals surface area contributed by atoms with Gasteiger partial charge in [-0.1, -0.05) is 97.1 Å². The molecule has 0 N–H and O–H groups in total. The van der Waals surface area contributed by atoms with Gasteiger partial charge in [0.1, 0.15) is 0 Å². The molecule has 0 spiro atoms. The van der Waals surface area contributed by atoms with Gasteiger partial charge in [0.25, 0.3) is 0 Å². The van der Waals surface area contributed by atoms with E-state index in [9.17, 15) is 0 Å². The molecule has 1 aliphatic rings. The molecule has 0 heteroatoms.